The molecule has 0 radical (unpaired) electrons. The topological polar surface area (TPSA) is 148 Å². The van der Waals surface area contributed by atoms with Gasteiger partial charge in [-0.3, -0.25) is 9.59 Å². The Morgan fingerprint density at radius 3 is 2.79 bits per heavy atom. The summed E-state index contributed by atoms with van der Waals surface area (Å²) < 4.78 is 0. The number of carboxylic acid groups (broad SMARTS) is 1. The maximum atomic E-state index is 12.6. The van der Waals surface area contributed by atoms with Crippen LogP contribution in [-0.4, -0.2) is 37.0 Å². The number of aromatic amines is 2. The maximum absolute atomic E-state index is 12.6. The Hall–Kier alpha value is -3.92. The van der Waals surface area contributed by atoms with Crippen LogP contribution in [0.3, 0.4) is 0 Å². The third-order valence-electron chi connectivity index (χ3n) is 4.31. The van der Waals surface area contributed by atoms with E-state index in [2.05, 4.69) is 20.3 Å². The zero-order chi connectivity index (χ0) is 20.5. The average Bonchev–Trinajstić information content (AvgIpc) is 3.31. The molecule has 0 aliphatic carbocycles. The van der Waals surface area contributed by atoms with Crippen molar-refractivity contribution in [1.82, 2.24) is 15.0 Å². The van der Waals surface area contributed by atoms with Gasteiger partial charge in [0.2, 0.25) is 11.7 Å². The molecule has 0 saturated carbocycles. The Balaban J connectivity index is 1.61. The van der Waals surface area contributed by atoms with Crippen molar-refractivity contribution >= 4 is 39.8 Å². The van der Waals surface area contributed by atoms with Crippen LogP contribution in [0.15, 0.2) is 46.0 Å². The first-order valence-electron chi connectivity index (χ1n) is 8.42. The lowest BCUT2D eigenvalue weighted by Crippen LogP contribution is -2.17. The number of amides is 1. The predicted molar refractivity (Wildman–Crippen MR) is 107 cm³/mol. The number of benzene rings is 1. The fourth-order valence-corrected chi connectivity index (χ4v) is 3.73. The van der Waals surface area contributed by atoms with Gasteiger partial charge in [-0.2, -0.15) is 0 Å². The second-order valence-corrected chi connectivity index (χ2v) is 6.94. The van der Waals surface area contributed by atoms with Crippen molar-refractivity contribution in [2.24, 2.45) is 0 Å². The number of fused-ring (bicyclic) bond motifs is 1. The maximum Gasteiger partial charge on any atom is 0.358 e. The lowest BCUT2D eigenvalue weighted by atomic mass is 10.1. The van der Waals surface area contributed by atoms with E-state index in [1.807, 2.05) is 24.3 Å². The van der Waals surface area contributed by atoms with Crippen LogP contribution in [0.25, 0.3) is 22.3 Å². The van der Waals surface area contributed by atoms with Gasteiger partial charge < -0.3 is 25.5 Å². The molecule has 146 valence electrons. The number of para-hydroxylation sites is 1. The molecule has 1 amide bonds. The summed E-state index contributed by atoms with van der Waals surface area (Å²) in [7, 11) is 0. The number of H-pyrrole nitrogens is 2. The van der Waals surface area contributed by atoms with Gasteiger partial charge in [0, 0.05) is 27.9 Å². The fraction of sp³-hybridized carbons (Fsp3) is 0.0526. The fourth-order valence-electron chi connectivity index (χ4n) is 2.97. The van der Waals surface area contributed by atoms with Gasteiger partial charge in [-0.15, -0.1) is 11.3 Å². The van der Waals surface area contributed by atoms with Crippen LogP contribution >= 0.6 is 11.3 Å². The van der Waals surface area contributed by atoms with Crippen molar-refractivity contribution < 1.29 is 19.8 Å². The van der Waals surface area contributed by atoms with Gasteiger partial charge in [0.05, 0.1) is 17.7 Å². The van der Waals surface area contributed by atoms with Crippen LogP contribution in [0.2, 0.25) is 0 Å². The smallest absolute Gasteiger partial charge is 0.358 e. The van der Waals surface area contributed by atoms with E-state index in [9.17, 15) is 19.5 Å². The number of thiophene rings is 1. The average molecular weight is 410 g/mol. The van der Waals surface area contributed by atoms with Crippen molar-refractivity contribution in [3.63, 3.8) is 0 Å². The minimum atomic E-state index is -1.53. The number of aromatic carboxylic acids is 1. The summed E-state index contributed by atoms with van der Waals surface area (Å²) in [6, 6.07) is 7.63. The molecule has 0 spiro atoms. The van der Waals surface area contributed by atoms with Gasteiger partial charge in [0.25, 0.3) is 5.56 Å². The van der Waals surface area contributed by atoms with Crippen molar-refractivity contribution in [2.75, 3.05) is 5.32 Å². The number of carbonyl (C=O) groups excluding carboxylic acids is 1. The van der Waals surface area contributed by atoms with E-state index in [4.69, 9.17) is 5.11 Å². The van der Waals surface area contributed by atoms with Gasteiger partial charge in [-0.05, 0) is 11.6 Å². The molecule has 9 nitrogen and oxygen atoms in total. The number of anilines is 1. The van der Waals surface area contributed by atoms with Crippen molar-refractivity contribution in [3.8, 4) is 17.1 Å². The highest BCUT2D eigenvalue weighted by molar-refractivity contribution is 7.08. The molecule has 0 atom stereocenters. The van der Waals surface area contributed by atoms with E-state index in [-0.39, 0.29) is 18.2 Å². The summed E-state index contributed by atoms with van der Waals surface area (Å²) in [6.07, 6.45) is 1.90. The van der Waals surface area contributed by atoms with E-state index in [0.717, 1.165) is 16.5 Å². The van der Waals surface area contributed by atoms with E-state index in [1.165, 1.54) is 11.3 Å². The summed E-state index contributed by atoms with van der Waals surface area (Å²) in [5.74, 6) is -2.85. The molecule has 3 aromatic heterocycles. The molecule has 5 N–H and O–H groups in total. The zero-order valence-electron chi connectivity index (χ0n) is 14.7. The SMILES string of the molecule is O=C(Cc1c[nH]c2ccccc12)Nc1cscc1-c1nc(C(=O)O)c(O)c(=O)[nH]1. The lowest BCUT2D eigenvalue weighted by molar-refractivity contribution is -0.115. The van der Waals surface area contributed by atoms with E-state index in [0.29, 0.717) is 11.3 Å². The lowest BCUT2D eigenvalue weighted by Gasteiger charge is -2.07. The first-order valence-corrected chi connectivity index (χ1v) is 9.36. The summed E-state index contributed by atoms with van der Waals surface area (Å²) >= 11 is 1.25. The molecule has 3 heterocycles. The number of rotatable bonds is 5. The Kier molecular flexibility index (Phi) is 4.61. The number of aromatic hydroxyl groups is 1. The minimum absolute atomic E-state index is 0.0613. The van der Waals surface area contributed by atoms with Crippen molar-refractivity contribution in [2.45, 2.75) is 6.42 Å². The molecule has 0 saturated heterocycles. The molecular weight excluding hydrogens is 396 g/mol. The standard InChI is InChI=1S/C19H14N4O5S/c24-14(5-9-6-20-12-4-2-1-3-10(9)12)21-13-8-29-7-11(13)17-22-15(19(27)28)16(25)18(26)23-17/h1-4,6-8,20,25H,5H2,(H,21,24)(H,27,28)(H,22,23,26). The summed E-state index contributed by atoms with van der Waals surface area (Å²) in [5.41, 5.74) is 0.755. The second-order valence-electron chi connectivity index (χ2n) is 6.20. The molecular formula is C19H14N4O5S. The van der Waals surface area contributed by atoms with Crippen molar-refractivity contribution in [1.29, 1.82) is 0 Å². The molecule has 4 rings (SSSR count). The molecule has 0 bridgehead atoms. The summed E-state index contributed by atoms with van der Waals surface area (Å²) in [4.78, 5) is 44.8. The van der Waals surface area contributed by atoms with Crippen LogP contribution in [0, 0.1) is 0 Å². The van der Waals surface area contributed by atoms with E-state index in [1.54, 1.807) is 17.0 Å². The first kappa shape index (κ1) is 18.4. The van der Waals surface area contributed by atoms with E-state index >= 15 is 0 Å². The number of carboxylic acids is 1. The molecule has 0 aliphatic heterocycles. The molecule has 4 aromatic rings. The van der Waals surface area contributed by atoms with Gasteiger partial charge in [0.15, 0.2) is 5.69 Å². The molecule has 10 heteroatoms. The highest BCUT2D eigenvalue weighted by Crippen LogP contribution is 2.30. The van der Waals surface area contributed by atoms with Crippen LogP contribution in [0.1, 0.15) is 16.1 Å². The highest BCUT2D eigenvalue weighted by atomic mass is 32.1. The Bertz CT molecular complexity index is 1300. The number of hydrogen-bond acceptors (Lipinski definition) is 6. The predicted octanol–water partition coefficient (Wildman–Crippen LogP) is 2.56. The monoisotopic (exact) mass is 410 g/mol. The van der Waals surface area contributed by atoms with Gasteiger partial charge in [-0.25, -0.2) is 9.78 Å². The molecule has 1 aromatic carbocycles. The number of aromatic nitrogens is 3. The molecule has 0 fully saturated rings. The third-order valence-corrected chi connectivity index (χ3v) is 5.06. The number of nitrogens with zero attached hydrogens (tertiary/aromatic N) is 1. The van der Waals surface area contributed by atoms with E-state index < -0.39 is 23.0 Å². The van der Waals surface area contributed by atoms with Gasteiger partial charge >= 0.3 is 5.97 Å². The normalized spacial score (nSPS) is 10.9. The Morgan fingerprint density at radius 1 is 1.21 bits per heavy atom. The number of hydrogen-bond donors (Lipinski definition) is 5. The Labute approximate surface area is 166 Å². The van der Waals surface area contributed by atoms with Gasteiger partial charge in [0.1, 0.15) is 5.82 Å². The molecule has 0 unspecified atom stereocenters. The Morgan fingerprint density at radius 2 is 2.00 bits per heavy atom. The first-order chi connectivity index (χ1) is 13.9. The van der Waals surface area contributed by atoms with Crippen LogP contribution in [-0.2, 0) is 11.2 Å². The minimum Gasteiger partial charge on any atom is -0.501 e. The largest absolute Gasteiger partial charge is 0.501 e. The quantitative estimate of drug-likeness (QED) is 0.341. The van der Waals surface area contributed by atoms with Crippen molar-refractivity contribution in [3.05, 3.63) is 62.8 Å². The number of carbonyl (C=O) groups is 2. The third kappa shape index (κ3) is 3.48. The highest BCUT2D eigenvalue weighted by Gasteiger charge is 2.20. The van der Waals surface area contributed by atoms with Crippen LogP contribution in [0.5, 0.6) is 5.75 Å². The van der Waals surface area contributed by atoms with Crippen LogP contribution < -0.4 is 10.9 Å². The van der Waals surface area contributed by atoms with Crippen LogP contribution in [0.4, 0.5) is 5.69 Å². The molecule has 0 aliphatic rings. The number of nitrogens with one attached hydrogen (secondary N) is 3. The second kappa shape index (κ2) is 7.24. The summed E-state index contributed by atoms with van der Waals surface area (Å²) in [5, 5.41) is 25.7. The summed E-state index contributed by atoms with van der Waals surface area (Å²) in [6.45, 7) is 0. The molecule has 29 heavy (non-hydrogen) atoms. The zero-order valence-corrected chi connectivity index (χ0v) is 15.5. The van der Waals surface area contributed by atoms with Gasteiger partial charge in [-0.1, -0.05) is 18.2 Å².